The van der Waals surface area contributed by atoms with Crippen LogP contribution in [0.25, 0.3) is 0 Å². The van der Waals surface area contributed by atoms with Gasteiger partial charge in [-0.15, -0.1) is 12.3 Å². The number of hydrogen-bond acceptors (Lipinski definition) is 4. The smallest absolute Gasteiger partial charge is 0.194 e. The Morgan fingerprint density at radius 2 is 2.00 bits per heavy atom. The maximum atomic E-state index is 5.56. The van der Waals surface area contributed by atoms with Crippen LogP contribution in [-0.2, 0) is 10.6 Å². The molecule has 0 fully saturated rings. The average molecular weight is 274 g/mol. The van der Waals surface area contributed by atoms with Gasteiger partial charge in [0, 0.05) is 25.0 Å². The maximum absolute atomic E-state index is 5.56. The minimum absolute atomic E-state index is 0.216. The van der Waals surface area contributed by atoms with Gasteiger partial charge in [-0.05, 0) is 24.0 Å². The highest BCUT2D eigenvalue weighted by molar-refractivity contribution is 7.94. The Morgan fingerprint density at radius 1 is 1.21 bits per heavy atom. The summed E-state index contributed by atoms with van der Waals surface area (Å²) in [6.45, 7) is 0.678. The summed E-state index contributed by atoms with van der Waals surface area (Å²) >= 11 is 1.52. The van der Waals surface area contributed by atoms with Gasteiger partial charge in [-0.1, -0.05) is 30.3 Å². The van der Waals surface area contributed by atoms with Crippen molar-refractivity contribution in [2.24, 2.45) is 10.2 Å². The molecular formula is C15H18N2OS. The standard InChI is InChI=1S/C15H18N2OS/c1-2-3-10-15(16-17-15)11-12-18-19-13-9-14-7-5-4-6-8-14/h1,4-8H,3,9-13H2. The molecule has 0 bridgehead atoms. The first-order chi connectivity index (χ1) is 9.35. The fourth-order valence-corrected chi connectivity index (χ4v) is 2.43. The lowest BCUT2D eigenvalue weighted by atomic mass is 10.1. The third kappa shape index (κ3) is 5.06. The Hall–Kier alpha value is -1.31. The zero-order chi connectivity index (χ0) is 13.4. The quantitative estimate of drug-likeness (QED) is 0.389. The molecule has 0 aliphatic carbocycles. The van der Waals surface area contributed by atoms with E-state index >= 15 is 0 Å². The Morgan fingerprint density at radius 3 is 2.68 bits per heavy atom. The fraction of sp³-hybridized carbons (Fsp3) is 0.467. The molecule has 0 saturated carbocycles. The van der Waals surface area contributed by atoms with Gasteiger partial charge in [0.1, 0.15) is 0 Å². The van der Waals surface area contributed by atoms with Crippen LogP contribution in [0.4, 0.5) is 0 Å². The predicted octanol–water partition coefficient (Wildman–Crippen LogP) is 3.86. The monoisotopic (exact) mass is 274 g/mol. The molecule has 2 rings (SSSR count). The number of benzene rings is 1. The highest BCUT2D eigenvalue weighted by Gasteiger charge is 2.38. The van der Waals surface area contributed by atoms with Crippen molar-refractivity contribution in [3.05, 3.63) is 35.9 Å². The number of hydrogen-bond donors (Lipinski definition) is 0. The van der Waals surface area contributed by atoms with E-state index in [2.05, 4.69) is 40.4 Å². The van der Waals surface area contributed by atoms with E-state index in [-0.39, 0.29) is 5.66 Å². The normalized spacial score (nSPS) is 15.1. The minimum atomic E-state index is -0.216. The van der Waals surface area contributed by atoms with Gasteiger partial charge in [0.25, 0.3) is 0 Å². The van der Waals surface area contributed by atoms with Crippen LogP contribution in [0.3, 0.4) is 0 Å². The first-order valence-corrected chi connectivity index (χ1v) is 7.42. The third-order valence-electron chi connectivity index (χ3n) is 3.04. The first-order valence-electron chi connectivity index (χ1n) is 6.50. The molecule has 0 amide bonds. The topological polar surface area (TPSA) is 34.0 Å². The number of nitrogens with zero attached hydrogens (tertiary/aromatic N) is 2. The Bertz CT molecular complexity index is 447. The highest BCUT2D eigenvalue weighted by Crippen LogP contribution is 2.36. The lowest BCUT2D eigenvalue weighted by molar-refractivity contribution is 0.326. The lowest BCUT2D eigenvalue weighted by Crippen LogP contribution is -2.13. The molecule has 19 heavy (non-hydrogen) atoms. The first kappa shape index (κ1) is 14.1. The van der Waals surface area contributed by atoms with E-state index in [4.69, 9.17) is 10.6 Å². The zero-order valence-electron chi connectivity index (χ0n) is 10.9. The second-order valence-corrected chi connectivity index (χ2v) is 5.40. The Kier molecular flexibility index (Phi) is 5.44. The summed E-state index contributed by atoms with van der Waals surface area (Å²) in [5.74, 6) is 3.59. The molecular weight excluding hydrogens is 256 g/mol. The largest absolute Gasteiger partial charge is 0.315 e. The summed E-state index contributed by atoms with van der Waals surface area (Å²) in [6.07, 6.45) is 8.69. The van der Waals surface area contributed by atoms with Gasteiger partial charge >= 0.3 is 0 Å². The van der Waals surface area contributed by atoms with Crippen LogP contribution in [-0.4, -0.2) is 18.0 Å². The van der Waals surface area contributed by atoms with Crippen molar-refractivity contribution in [1.82, 2.24) is 0 Å². The van der Waals surface area contributed by atoms with Crippen molar-refractivity contribution >= 4 is 12.0 Å². The maximum Gasteiger partial charge on any atom is 0.194 e. The lowest BCUT2D eigenvalue weighted by Gasteiger charge is -2.08. The van der Waals surface area contributed by atoms with Crippen molar-refractivity contribution < 1.29 is 4.18 Å². The predicted molar refractivity (Wildman–Crippen MR) is 78.8 cm³/mol. The summed E-state index contributed by atoms with van der Waals surface area (Å²) < 4.78 is 5.56. The molecule has 0 spiro atoms. The fourth-order valence-electron chi connectivity index (χ4n) is 1.80. The van der Waals surface area contributed by atoms with Crippen molar-refractivity contribution in [3.63, 3.8) is 0 Å². The SMILES string of the molecule is C#CCCC1(CCOSCCc2ccccc2)N=N1. The molecule has 1 aliphatic heterocycles. The molecule has 0 N–H and O–H groups in total. The summed E-state index contributed by atoms with van der Waals surface area (Å²) in [4.78, 5) is 0. The molecule has 3 nitrogen and oxygen atoms in total. The molecule has 4 heteroatoms. The van der Waals surface area contributed by atoms with E-state index < -0.39 is 0 Å². The van der Waals surface area contributed by atoms with Gasteiger partial charge in [-0.2, -0.15) is 10.2 Å². The van der Waals surface area contributed by atoms with E-state index in [9.17, 15) is 0 Å². The van der Waals surface area contributed by atoms with E-state index in [1.54, 1.807) is 0 Å². The second kappa shape index (κ2) is 7.32. The third-order valence-corrected chi connectivity index (χ3v) is 3.74. The van der Waals surface area contributed by atoms with Crippen LogP contribution in [0, 0.1) is 12.3 Å². The summed E-state index contributed by atoms with van der Waals surface area (Å²) in [5.41, 5.74) is 1.13. The average Bonchev–Trinajstić information content (AvgIpc) is 3.22. The van der Waals surface area contributed by atoms with Gasteiger partial charge in [-0.3, -0.25) is 0 Å². The van der Waals surface area contributed by atoms with Gasteiger partial charge in [0.05, 0.1) is 6.61 Å². The number of aryl methyl sites for hydroxylation is 1. The van der Waals surface area contributed by atoms with Crippen LogP contribution in [0.2, 0.25) is 0 Å². The molecule has 1 heterocycles. The van der Waals surface area contributed by atoms with Crippen LogP contribution in [0.15, 0.2) is 40.6 Å². The highest BCUT2D eigenvalue weighted by atomic mass is 32.2. The summed E-state index contributed by atoms with van der Waals surface area (Å²) in [6, 6.07) is 10.4. The van der Waals surface area contributed by atoms with E-state index in [0.29, 0.717) is 6.61 Å². The van der Waals surface area contributed by atoms with Crippen molar-refractivity contribution in [3.8, 4) is 12.3 Å². The molecule has 1 aromatic rings. The van der Waals surface area contributed by atoms with Gasteiger partial charge < -0.3 is 4.18 Å². The van der Waals surface area contributed by atoms with Crippen LogP contribution in [0.1, 0.15) is 24.8 Å². The molecule has 100 valence electrons. The summed E-state index contributed by atoms with van der Waals surface area (Å²) in [5, 5.41) is 8.15. The molecule has 0 saturated heterocycles. The van der Waals surface area contributed by atoms with Crippen LogP contribution in [0.5, 0.6) is 0 Å². The molecule has 1 aliphatic rings. The molecule has 0 unspecified atom stereocenters. The van der Waals surface area contributed by atoms with Crippen molar-refractivity contribution in [2.75, 3.05) is 12.4 Å². The van der Waals surface area contributed by atoms with E-state index in [0.717, 1.165) is 31.4 Å². The molecule has 0 atom stereocenters. The van der Waals surface area contributed by atoms with Crippen molar-refractivity contribution in [1.29, 1.82) is 0 Å². The summed E-state index contributed by atoms with van der Waals surface area (Å²) in [7, 11) is 0. The number of rotatable bonds is 9. The van der Waals surface area contributed by atoms with Gasteiger partial charge in [0.2, 0.25) is 0 Å². The van der Waals surface area contributed by atoms with Gasteiger partial charge in [-0.25, -0.2) is 0 Å². The molecule has 0 aromatic heterocycles. The molecule has 0 radical (unpaired) electrons. The Labute approximate surface area is 119 Å². The van der Waals surface area contributed by atoms with E-state index in [1.807, 2.05) is 6.07 Å². The number of terminal acetylenes is 1. The van der Waals surface area contributed by atoms with E-state index in [1.165, 1.54) is 17.6 Å². The zero-order valence-corrected chi connectivity index (χ0v) is 11.7. The van der Waals surface area contributed by atoms with Crippen molar-refractivity contribution in [2.45, 2.75) is 31.3 Å². The Balaban J connectivity index is 1.50. The van der Waals surface area contributed by atoms with Crippen LogP contribution >= 0.6 is 12.0 Å². The molecule has 1 aromatic carbocycles. The minimum Gasteiger partial charge on any atom is -0.315 e. The van der Waals surface area contributed by atoms with Crippen LogP contribution < -0.4 is 0 Å². The van der Waals surface area contributed by atoms with Gasteiger partial charge in [0.15, 0.2) is 5.66 Å². The second-order valence-electron chi connectivity index (χ2n) is 4.52.